The van der Waals surface area contributed by atoms with Gasteiger partial charge in [0.25, 0.3) is 0 Å². The largest absolute Gasteiger partial charge is 0.408 e. The monoisotopic (exact) mass is 468 g/mol. The molecule has 2 aromatic carbocycles. The van der Waals surface area contributed by atoms with Gasteiger partial charge in [-0.1, -0.05) is 110 Å². The van der Waals surface area contributed by atoms with Crippen LogP contribution in [0.15, 0.2) is 60.7 Å². The van der Waals surface area contributed by atoms with E-state index in [1.54, 1.807) is 0 Å². The third kappa shape index (κ3) is 4.39. The Hall–Kier alpha value is -0.436. The van der Waals surface area contributed by atoms with Gasteiger partial charge in [-0.15, -0.1) is 0 Å². The summed E-state index contributed by atoms with van der Waals surface area (Å²) in [5.41, 5.74) is 0. The summed E-state index contributed by atoms with van der Waals surface area (Å²) in [6.07, 6.45) is 1.37. The molecule has 0 bridgehead atoms. The molecular weight excluding hydrogens is 439 g/mol. The summed E-state index contributed by atoms with van der Waals surface area (Å²) in [7, 11) is -3.86. The molecule has 2 atom stereocenters. The van der Waals surface area contributed by atoms with Gasteiger partial charge in [0.1, 0.15) is 0 Å². The number of hydrogen-bond donors (Lipinski definition) is 0. The highest BCUT2D eigenvalue weighted by atomic mass is 127. The van der Waals surface area contributed by atoms with Crippen molar-refractivity contribution in [2.45, 2.75) is 49.9 Å². The zero-order valence-corrected chi connectivity index (χ0v) is 19.6. The van der Waals surface area contributed by atoms with Crippen LogP contribution in [0.5, 0.6) is 0 Å². The maximum atomic E-state index is 7.08. The first-order chi connectivity index (χ1) is 11.3. The molecule has 0 radical (unpaired) electrons. The molecule has 4 heteroatoms. The summed E-state index contributed by atoms with van der Waals surface area (Å²) in [5.74, 6) is 0. The molecule has 0 aliphatic carbocycles. The Morgan fingerprint density at radius 1 is 0.833 bits per heavy atom. The third-order valence-electron chi connectivity index (χ3n) is 4.45. The van der Waals surface area contributed by atoms with E-state index in [-0.39, 0.29) is 6.10 Å². The fraction of sp³-hybridized carbons (Fsp3) is 0.400. The normalized spacial score (nSPS) is 15.1. The van der Waals surface area contributed by atoms with Crippen LogP contribution in [-0.4, -0.2) is 25.5 Å². The fourth-order valence-corrected chi connectivity index (χ4v) is 16.8. The number of alkyl halides is 1. The van der Waals surface area contributed by atoms with Gasteiger partial charge in [-0.3, -0.25) is 0 Å². The van der Waals surface area contributed by atoms with E-state index < -0.39 is 15.4 Å². The molecule has 0 aromatic heterocycles. The molecule has 0 saturated carbocycles. The van der Waals surface area contributed by atoms with Gasteiger partial charge in [0.05, 0.1) is 7.59 Å². The second-order valence-electron chi connectivity index (χ2n) is 7.61. The van der Waals surface area contributed by atoms with E-state index >= 15 is 0 Å². The van der Waals surface area contributed by atoms with Crippen molar-refractivity contribution in [3.63, 3.8) is 0 Å². The van der Waals surface area contributed by atoms with Gasteiger partial charge in [-0.2, -0.15) is 0 Å². The molecule has 0 saturated heterocycles. The first kappa shape index (κ1) is 19.9. The molecule has 0 N–H and O–H groups in total. The van der Waals surface area contributed by atoms with E-state index in [0.717, 1.165) is 6.42 Å². The lowest BCUT2D eigenvalue weighted by molar-refractivity contribution is 0.216. The molecule has 0 fully saturated rings. The number of halogens is 1. The summed E-state index contributed by atoms with van der Waals surface area (Å²) in [6.45, 7) is 11.9. The van der Waals surface area contributed by atoms with Crippen LogP contribution in [0.3, 0.4) is 0 Å². The second-order valence-corrected chi connectivity index (χ2v) is 23.6. The standard InChI is InChI=1S/C20H29IOSi2/c1-17(21)16-18(2)22-24(23(3,4)5,19-12-8-6-9-13-19)20-14-10-7-11-15-20/h6-15,17-18H,16H2,1-5H3/t17-,18-/m1/s1. The van der Waals surface area contributed by atoms with Crippen molar-refractivity contribution in [3.8, 4) is 0 Å². The SMILES string of the molecule is C[C@H](C[C@@H](C)I)O[Si](c1ccccc1)(c1ccccc1)[Si](C)(C)C. The molecule has 0 heterocycles. The van der Waals surface area contributed by atoms with Crippen LogP contribution < -0.4 is 10.4 Å². The Morgan fingerprint density at radius 3 is 1.58 bits per heavy atom. The quantitative estimate of drug-likeness (QED) is 0.323. The maximum Gasteiger partial charge on any atom is 0.240 e. The zero-order chi connectivity index (χ0) is 17.8. The molecule has 0 spiro atoms. The summed E-state index contributed by atoms with van der Waals surface area (Å²) in [4.78, 5) is 0. The van der Waals surface area contributed by atoms with Crippen LogP contribution in [0.25, 0.3) is 0 Å². The number of benzene rings is 2. The summed E-state index contributed by atoms with van der Waals surface area (Å²) >= 11 is 2.51. The van der Waals surface area contributed by atoms with Crippen molar-refractivity contribution in [2.24, 2.45) is 0 Å². The molecule has 2 rings (SSSR count). The predicted octanol–water partition coefficient (Wildman–Crippen LogP) is 4.78. The minimum absolute atomic E-state index is 0.274. The van der Waals surface area contributed by atoms with E-state index in [0.29, 0.717) is 3.92 Å². The fourth-order valence-electron chi connectivity index (χ4n) is 3.50. The first-order valence-corrected chi connectivity index (χ1v) is 16.4. The van der Waals surface area contributed by atoms with Crippen LogP contribution in [0.4, 0.5) is 0 Å². The van der Waals surface area contributed by atoms with Crippen LogP contribution in [-0.2, 0) is 4.43 Å². The molecule has 0 aliphatic rings. The van der Waals surface area contributed by atoms with Crippen molar-refractivity contribution in [2.75, 3.05) is 0 Å². The topological polar surface area (TPSA) is 9.23 Å². The Kier molecular flexibility index (Phi) is 6.87. The molecule has 2 aromatic rings. The maximum absolute atomic E-state index is 7.08. The van der Waals surface area contributed by atoms with Gasteiger partial charge in [0.15, 0.2) is 0 Å². The summed E-state index contributed by atoms with van der Waals surface area (Å²) < 4.78 is 7.70. The molecule has 0 amide bonds. The van der Waals surface area contributed by atoms with Crippen LogP contribution >= 0.6 is 22.6 Å². The van der Waals surface area contributed by atoms with Gasteiger partial charge in [0.2, 0.25) is 7.83 Å². The van der Waals surface area contributed by atoms with Gasteiger partial charge in [-0.25, -0.2) is 0 Å². The molecular formula is C20H29IOSi2. The Morgan fingerprint density at radius 2 is 1.25 bits per heavy atom. The lowest BCUT2D eigenvalue weighted by Gasteiger charge is -2.44. The van der Waals surface area contributed by atoms with Gasteiger partial charge < -0.3 is 4.43 Å². The second kappa shape index (κ2) is 8.30. The molecule has 24 heavy (non-hydrogen) atoms. The number of rotatable bonds is 7. The Bertz CT molecular complexity index is 584. The Balaban J connectivity index is 2.62. The lowest BCUT2D eigenvalue weighted by Crippen LogP contribution is -2.75. The van der Waals surface area contributed by atoms with E-state index in [1.807, 2.05) is 0 Å². The van der Waals surface area contributed by atoms with Crippen LogP contribution in [0, 0.1) is 0 Å². The van der Waals surface area contributed by atoms with Gasteiger partial charge >= 0.3 is 0 Å². The summed E-state index contributed by atoms with van der Waals surface area (Å²) in [5, 5.41) is 2.84. The van der Waals surface area contributed by atoms with E-state index in [4.69, 9.17) is 4.43 Å². The predicted molar refractivity (Wildman–Crippen MR) is 120 cm³/mol. The minimum Gasteiger partial charge on any atom is -0.408 e. The highest BCUT2D eigenvalue weighted by molar-refractivity contribution is 14.1. The number of hydrogen-bond acceptors (Lipinski definition) is 1. The first-order valence-electron chi connectivity index (χ1n) is 8.70. The van der Waals surface area contributed by atoms with Crippen molar-refractivity contribution >= 4 is 48.4 Å². The molecule has 130 valence electrons. The molecule has 0 unspecified atom stereocenters. The van der Waals surface area contributed by atoms with E-state index in [2.05, 4.69) is 117 Å². The summed E-state index contributed by atoms with van der Waals surface area (Å²) in [6, 6.07) is 22.0. The van der Waals surface area contributed by atoms with E-state index in [9.17, 15) is 0 Å². The Labute approximate surface area is 162 Å². The van der Waals surface area contributed by atoms with Crippen molar-refractivity contribution in [3.05, 3.63) is 60.7 Å². The van der Waals surface area contributed by atoms with Crippen molar-refractivity contribution in [1.82, 2.24) is 0 Å². The lowest BCUT2D eigenvalue weighted by atomic mass is 10.2. The molecule has 1 nitrogen and oxygen atoms in total. The van der Waals surface area contributed by atoms with Crippen molar-refractivity contribution in [1.29, 1.82) is 0 Å². The highest BCUT2D eigenvalue weighted by Crippen LogP contribution is 2.25. The van der Waals surface area contributed by atoms with Gasteiger partial charge in [0, 0.05) is 10.0 Å². The average Bonchev–Trinajstić information content (AvgIpc) is 2.52. The van der Waals surface area contributed by atoms with Crippen LogP contribution in [0.1, 0.15) is 20.3 Å². The minimum atomic E-state index is -2.24. The zero-order valence-electron chi connectivity index (χ0n) is 15.4. The highest BCUT2D eigenvalue weighted by Gasteiger charge is 2.51. The smallest absolute Gasteiger partial charge is 0.240 e. The van der Waals surface area contributed by atoms with Gasteiger partial charge in [-0.05, 0) is 23.7 Å². The van der Waals surface area contributed by atoms with Crippen LogP contribution in [0.2, 0.25) is 19.6 Å². The average molecular weight is 469 g/mol. The third-order valence-corrected chi connectivity index (χ3v) is 18.5. The van der Waals surface area contributed by atoms with Crippen molar-refractivity contribution < 1.29 is 4.43 Å². The molecule has 0 aliphatic heterocycles. The van der Waals surface area contributed by atoms with E-state index in [1.165, 1.54) is 10.4 Å².